The van der Waals surface area contributed by atoms with E-state index in [1.807, 2.05) is 12.1 Å². The number of carbonyl (C=O) groups is 1. The molecule has 164 valence electrons. The summed E-state index contributed by atoms with van der Waals surface area (Å²) in [6.45, 7) is 4.05. The third kappa shape index (κ3) is 4.73. The van der Waals surface area contributed by atoms with Gasteiger partial charge in [-0.3, -0.25) is 14.9 Å². The Morgan fingerprint density at radius 1 is 0.839 bits per heavy atom. The fourth-order valence-electron chi connectivity index (χ4n) is 4.40. The van der Waals surface area contributed by atoms with E-state index >= 15 is 0 Å². The van der Waals surface area contributed by atoms with E-state index in [1.54, 1.807) is 29.2 Å². The van der Waals surface area contributed by atoms with Crippen molar-refractivity contribution in [3.63, 3.8) is 0 Å². The van der Waals surface area contributed by atoms with Gasteiger partial charge in [0, 0.05) is 56.6 Å². The summed E-state index contributed by atoms with van der Waals surface area (Å²) in [4.78, 5) is 30.4. The van der Waals surface area contributed by atoms with Gasteiger partial charge in [0.25, 0.3) is 11.6 Å². The highest BCUT2D eigenvalue weighted by Crippen LogP contribution is 2.31. The van der Waals surface area contributed by atoms with Gasteiger partial charge in [0.2, 0.25) is 0 Å². The lowest BCUT2D eigenvalue weighted by Crippen LogP contribution is -2.48. The standard InChI is InChI=1S/C23H28N4O4/c28-20-8-6-19(7-9-20)24-13-15-26(16-14-24)23(29)18-5-10-21(22(17-18)27(30)31)25-11-3-1-2-4-12-25/h5-10,17,28H,1-4,11-16H2. The van der Waals surface area contributed by atoms with Gasteiger partial charge in [-0.15, -0.1) is 0 Å². The molecular formula is C23H28N4O4. The van der Waals surface area contributed by atoms with Gasteiger partial charge < -0.3 is 19.8 Å². The molecule has 31 heavy (non-hydrogen) atoms. The number of hydrogen-bond acceptors (Lipinski definition) is 6. The fourth-order valence-corrected chi connectivity index (χ4v) is 4.40. The number of phenols is 1. The first-order valence-corrected chi connectivity index (χ1v) is 10.9. The number of benzene rings is 2. The molecule has 0 unspecified atom stereocenters. The Morgan fingerprint density at radius 2 is 1.48 bits per heavy atom. The lowest BCUT2D eigenvalue weighted by molar-refractivity contribution is -0.384. The summed E-state index contributed by atoms with van der Waals surface area (Å²) in [5.41, 5.74) is 1.99. The van der Waals surface area contributed by atoms with Gasteiger partial charge in [-0.05, 0) is 49.2 Å². The highest BCUT2D eigenvalue weighted by Gasteiger charge is 2.26. The van der Waals surface area contributed by atoms with E-state index in [0.717, 1.165) is 44.5 Å². The zero-order chi connectivity index (χ0) is 21.8. The van der Waals surface area contributed by atoms with Gasteiger partial charge in [0.15, 0.2) is 0 Å². The molecule has 0 atom stereocenters. The van der Waals surface area contributed by atoms with Crippen LogP contribution in [0.3, 0.4) is 0 Å². The average molecular weight is 425 g/mol. The second kappa shape index (κ2) is 9.24. The van der Waals surface area contributed by atoms with Crippen LogP contribution in [0.25, 0.3) is 0 Å². The number of hydrogen-bond donors (Lipinski definition) is 1. The van der Waals surface area contributed by atoms with E-state index in [0.29, 0.717) is 37.4 Å². The highest BCUT2D eigenvalue weighted by molar-refractivity contribution is 5.96. The van der Waals surface area contributed by atoms with Crippen molar-refractivity contribution in [2.45, 2.75) is 25.7 Å². The minimum atomic E-state index is -0.375. The van der Waals surface area contributed by atoms with E-state index < -0.39 is 0 Å². The molecule has 2 aliphatic rings. The van der Waals surface area contributed by atoms with Gasteiger partial charge in [-0.25, -0.2) is 0 Å². The predicted molar refractivity (Wildman–Crippen MR) is 120 cm³/mol. The Labute approximate surface area is 181 Å². The first-order valence-electron chi connectivity index (χ1n) is 10.9. The van der Waals surface area contributed by atoms with Crippen LogP contribution in [0.4, 0.5) is 17.1 Å². The van der Waals surface area contributed by atoms with Crippen LogP contribution in [0, 0.1) is 10.1 Å². The lowest BCUT2D eigenvalue weighted by Gasteiger charge is -2.36. The number of aromatic hydroxyl groups is 1. The van der Waals surface area contributed by atoms with E-state index in [9.17, 15) is 20.0 Å². The SMILES string of the molecule is O=C(c1ccc(N2CCCCCC2)c([N+](=O)[O-])c1)N1CCN(c2ccc(O)cc2)CC1. The van der Waals surface area contributed by atoms with Crippen molar-refractivity contribution in [1.82, 2.24) is 4.90 Å². The summed E-state index contributed by atoms with van der Waals surface area (Å²) in [6.07, 6.45) is 4.36. The number of amides is 1. The van der Waals surface area contributed by atoms with Crippen molar-refractivity contribution < 1.29 is 14.8 Å². The molecule has 4 rings (SSSR count). The normalized spacial score (nSPS) is 17.4. The summed E-state index contributed by atoms with van der Waals surface area (Å²) in [5, 5.41) is 21.2. The molecule has 2 aromatic carbocycles. The van der Waals surface area contributed by atoms with Crippen LogP contribution < -0.4 is 9.80 Å². The Kier molecular flexibility index (Phi) is 6.25. The zero-order valence-corrected chi connectivity index (χ0v) is 17.6. The van der Waals surface area contributed by atoms with E-state index in [4.69, 9.17) is 0 Å². The summed E-state index contributed by atoms with van der Waals surface area (Å²) in [5.74, 6) is 0.0543. The molecule has 2 saturated heterocycles. The predicted octanol–water partition coefficient (Wildman–Crippen LogP) is 3.64. The monoisotopic (exact) mass is 424 g/mol. The van der Waals surface area contributed by atoms with Gasteiger partial charge in [0.1, 0.15) is 11.4 Å². The molecule has 2 heterocycles. The number of nitro benzene ring substituents is 1. The molecule has 0 radical (unpaired) electrons. The molecule has 0 bridgehead atoms. The summed E-state index contributed by atoms with van der Waals surface area (Å²) in [7, 11) is 0. The van der Waals surface area contributed by atoms with Crippen LogP contribution in [0.15, 0.2) is 42.5 Å². The number of piperazine rings is 1. The van der Waals surface area contributed by atoms with Gasteiger partial charge >= 0.3 is 0 Å². The van der Waals surface area contributed by atoms with Gasteiger partial charge in [-0.2, -0.15) is 0 Å². The molecule has 8 heteroatoms. The molecule has 2 aliphatic heterocycles. The highest BCUT2D eigenvalue weighted by atomic mass is 16.6. The van der Waals surface area contributed by atoms with Gasteiger partial charge in [-0.1, -0.05) is 12.8 Å². The molecule has 0 saturated carbocycles. The van der Waals surface area contributed by atoms with E-state index in [1.165, 1.54) is 6.07 Å². The topological polar surface area (TPSA) is 90.2 Å². The minimum absolute atomic E-state index is 0.00970. The third-order valence-electron chi connectivity index (χ3n) is 6.15. The fraction of sp³-hybridized carbons (Fsp3) is 0.435. The molecule has 0 spiro atoms. The maximum absolute atomic E-state index is 13.0. The molecule has 8 nitrogen and oxygen atoms in total. The first-order chi connectivity index (χ1) is 15.0. The van der Waals surface area contributed by atoms with E-state index in [-0.39, 0.29) is 22.3 Å². The van der Waals surface area contributed by atoms with Crippen molar-refractivity contribution in [2.75, 3.05) is 49.1 Å². The number of carbonyl (C=O) groups excluding carboxylic acids is 1. The maximum atomic E-state index is 13.0. The van der Waals surface area contributed by atoms with Crippen molar-refractivity contribution in [1.29, 1.82) is 0 Å². The lowest BCUT2D eigenvalue weighted by atomic mass is 10.1. The van der Waals surface area contributed by atoms with Gasteiger partial charge in [0.05, 0.1) is 4.92 Å². The minimum Gasteiger partial charge on any atom is -0.508 e. The molecule has 2 aromatic rings. The zero-order valence-electron chi connectivity index (χ0n) is 17.6. The Hall–Kier alpha value is -3.29. The quantitative estimate of drug-likeness (QED) is 0.595. The molecule has 1 amide bonds. The molecule has 0 aromatic heterocycles. The molecular weight excluding hydrogens is 396 g/mol. The van der Waals surface area contributed by atoms with Crippen molar-refractivity contribution in [3.8, 4) is 5.75 Å². The number of phenolic OH excluding ortho intramolecular Hbond substituents is 1. The number of rotatable bonds is 4. The van der Waals surface area contributed by atoms with Crippen molar-refractivity contribution in [3.05, 3.63) is 58.1 Å². The molecule has 2 fully saturated rings. The first kappa shape index (κ1) is 21.0. The van der Waals surface area contributed by atoms with Crippen molar-refractivity contribution >= 4 is 23.0 Å². The second-order valence-electron chi connectivity index (χ2n) is 8.16. The Balaban J connectivity index is 1.46. The maximum Gasteiger partial charge on any atom is 0.293 e. The Bertz CT molecular complexity index is 931. The largest absolute Gasteiger partial charge is 0.508 e. The summed E-state index contributed by atoms with van der Waals surface area (Å²) >= 11 is 0. The smallest absolute Gasteiger partial charge is 0.293 e. The van der Waals surface area contributed by atoms with Crippen LogP contribution in [-0.4, -0.2) is 60.1 Å². The van der Waals surface area contributed by atoms with E-state index in [2.05, 4.69) is 9.80 Å². The van der Waals surface area contributed by atoms with Crippen LogP contribution in [0.2, 0.25) is 0 Å². The number of nitrogens with zero attached hydrogens (tertiary/aromatic N) is 4. The van der Waals surface area contributed by atoms with Crippen LogP contribution in [0.5, 0.6) is 5.75 Å². The summed E-state index contributed by atoms with van der Waals surface area (Å²) in [6, 6.07) is 11.9. The second-order valence-corrected chi connectivity index (χ2v) is 8.16. The van der Waals surface area contributed by atoms with Crippen LogP contribution in [0.1, 0.15) is 36.0 Å². The number of anilines is 2. The summed E-state index contributed by atoms with van der Waals surface area (Å²) < 4.78 is 0. The van der Waals surface area contributed by atoms with Crippen LogP contribution in [-0.2, 0) is 0 Å². The van der Waals surface area contributed by atoms with Crippen molar-refractivity contribution in [2.24, 2.45) is 0 Å². The number of nitro groups is 1. The Morgan fingerprint density at radius 3 is 2.10 bits per heavy atom. The third-order valence-corrected chi connectivity index (χ3v) is 6.15. The molecule has 1 N–H and O–H groups in total. The average Bonchev–Trinajstić information content (AvgIpc) is 3.08. The molecule has 0 aliphatic carbocycles. The van der Waals surface area contributed by atoms with Crippen LogP contribution >= 0.6 is 0 Å².